The lowest BCUT2D eigenvalue weighted by Gasteiger charge is -2.20. The molecule has 7 nitrogen and oxygen atoms in total. The zero-order chi connectivity index (χ0) is 20.4. The molecule has 1 saturated heterocycles. The first kappa shape index (κ1) is 20.6. The van der Waals surface area contributed by atoms with Gasteiger partial charge in [0.1, 0.15) is 5.82 Å². The van der Waals surface area contributed by atoms with Crippen LogP contribution in [0.15, 0.2) is 18.2 Å². The highest BCUT2D eigenvalue weighted by molar-refractivity contribution is 6.36. The molecule has 0 saturated carbocycles. The number of carboxylic acid groups (broad SMARTS) is 1. The van der Waals surface area contributed by atoms with Crippen LogP contribution in [0.2, 0.25) is 10.0 Å². The van der Waals surface area contributed by atoms with E-state index in [1.54, 1.807) is 12.1 Å². The molecule has 2 heterocycles. The molecule has 9 heteroatoms. The van der Waals surface area contributed by atoms with Crippen LogP contribution in [0.3, 0.4) is 0 Å². The summed E-state index contributed by atoms with van der Waals surface area (Å²) in [5.74, 6) is 0.560. The molecular formula is C19H22Cl2N4O3. The third kappa shape index (κ3) is 4.16. The second-order valence-corrected chi connectivity index (χ2v) is 7.49. The van der Waals surface area contributed by atoms with Crippen LogP contribution in [0.25, 0.3) is 11.3 Å². The fraction of sp³-hybridized carbons (Fsp3) is 0.421. The Labute approximate surface area is 173 Å². The first-order chi connectivity index (χ1) is 13.3. The number of aromatic nitrogens is 2. The lowest BCUT2D eigenvalue weighted by atomic mass is 10.1. The van der Waals surface area contributed by atoms with Gasteiger partial charge < -0.3 is 20.4 Å². The number of nitrogens with one attached hydrogen (secondary N) is 1. The van der Waals surface area contributed by atoms with Crippen molar-refractivity contribution in [3.8, 4) is 11.3 Å². The number of aliphatic hydroxyl groups is 1. The second kappa shape index (κ2) is 8.51. The van der Waals surface area contributed by atoms with Crippen LogP contribution in [-0.4, -0.2) is 56.4 Å². The molecule has 150 valence electrons. The fourth-order valence-electron chi connectivity index (χ4n) is 3.27. The average Bonchev–Trinajstić information content (AvgIpc) is 3.02. The van der Waals surface area contributed by atoms with E-state index in [9.17, 15) is 9.90 Å². The SMILES string of the molecule is CCc1nc(-c2ccc(Cl)cc2Cl)c(CC)nc1N[C@H]1CN(C(=O)O)C[C@H]1O. The van der Waals surface area contributed by atoms with Gasteiger partial charge in [0, 0.05) is 17.1 Å². The number of aliphatic hydroxyl groups excluding tert-OH is 1. The molecule has 0 unspecified atom stereocenters. The van der Waals surface area contributed by atoms with Gasteiger partial charge in [-0.15, -0.1) is 0 Å². The molecule has 1 aliphatic heterocycles. The first-order valence-electron chi connectivity index (χ1n) is 9.11. The van der Waals surface area contributed by atoms with E-state index >= 15 is 0 Å². The van der Waals surface area contributed by atoms with Gasteiger partial charge >= 0.3 is 6.09 Å². The normalized spacial score (nSPS) is 19.1. The lowest BCUT2D eigenvalue weighted by molar-refractivity contribution is 0.139. The van der Waals surface area contributed by atoms with Crippen molar-refractivity contribution in [3.63, 3.8) is 0 Å². The largest absolute Gasteiger partial charge is 0.465 e. The van der Waals surface area contributed by atoms with Gasteiger partial charge in [-0.3, -0.25) is 0 Å². The Kier molecular flexibility index (Phi) is 6.27. The van der Waals surface area contributed by atoms with Crippen molar-refractivity contribution in [1.82, 2.24) is 14.9 Å². The molecule has 0 bridgehead atoms. The van der Waals surface area contributed by atoms with Crippen molar-refractivity contribution in [2.45, 2.75) is 38.8 Å². The minimum atomic E-state index is -1.05. The van der Waals surface area contributed by atoms with E-state index in [0.29, 0.717) is 34.4 Å². The number of aryl methyl sites for hydroxylation is 2. The van der Waals surface area contributed by atoms with Gasteiger partial charge in [0.2, 0.25) is 0 Å². The summed E-state index contributed by atoms with van der Waals surface area (Å²) in [6.45, 7) is 4.19. The van der Waals surface area contributed by atoms with E-state index in [0.717, 1.165) is 17.0 Å². The lowest BCUT2D eigenvalue weighted by Crippen LogP contribution is -2.33. The molecule has 1 aromatic carbocycles. The van der Waals surface area contributed by atoms with Crippen LogP contribution in [0, 0.1) is 0 Å². The number of halogens is 2. The minimum absolute atomic E-state index is 0.0704. The van der Waals surface area contributed by atoms with Crippen LogP contribution in [0.4, 0.5) is 10.6 Å². The summed E-state index contributed by atoms with van der Waals surface area (Å²) in [6, 6.07) is 4.82. The number of β-amino-alcohol motifs (C(OH)–C–C–N with tert-alkyl or cyclic N) is 1. The van der Waals surface area contributed by atoms with E-state index in [1.807, 2.05) is 19.9 Å². The third-order valence-corrected chi connectivity index (χ3v) is 5.33. The van der Waals surface area contributed by atoms with Crippen LogP contribution < -0.4 is 5.32 Å². The van der Waals surface area contributed by atoms with Crippen molar-refractivity contribution < 1.29 is 15.0 Å². The van der Waals surface area contributed by atoms with Crippen molar-refractivity contribution in [2.24, 2.45) is 0 Å². The molecule has 3 rings (SSSR count). The number of hydrogen-bond acceptors (Lipinski definition) is 5. The molecule has 2 atom stereocenters. The molecule has 0 aliphatic carbocycles. The highest BCUT2D eigenvalue weighted by Gasteiger charge is 2.34. The Balaban J connectivity index is 1.96. The topological polar surface area (TPSA) is 98.6 Å². The van der Waals surface area contributed by atoms with Crippen LogP contribution in [0.5, 0.6) is 0 Å². The Bertz CT molecular complexity index is 894. The molecular weight excluding hydrogens is 403 g/mol. The third-order valence-electron chi connectivity index (χ3n) is 4.78. The molecule has 1 amide bonds. The van der Waals surface area contributed by atoms with Gasteiger partial charge in [-0.05, 0) is 31.0 Å². The minimum Gasteiger partial charge on any atom is -0.465 e. The fourth-order valence-corrected chi connectivity index (χ4v) is 3.77. The van der Waals surface area contributed by atoms with Gasteiger partial charge in [0.05, 0.1) is 40.8 Å². The summed E-state index contributed by atoms with van der Waals surface area (Å²) in [7, 11) is 0. The van der Waals surface area contributed by atoms with Gasteiger partial charge in [0.25, 0.3) is 0 Å². The number of likely N-dealkylation sites (tertiary alicyclic amines) is 1. The van der Waals surface area contributed by atoms with Crippen molar-refractivity contribution >= 4 is 35.1 Å². The summed E-state index contributed by atoms with van der Waals surface area (Å²) in [6.07, 6.45) is -0.609. The summed E-state index contributed by atoms with van der Waals surface area (Å²) in [4.78, 5) is 21.9. The average molecular weight is 425 g/mol. The standard InChI is InChI=1S/C19H22Cl2N4O3/c1-3-13-17(11-6-5-10(20)7-12(11)21)22-14(4-2)18(23-13)24-15-8-25(19(27)28)9-16(15)26/h5-7,15-16,26H,3-4,8-9H2,1-2H3,(H,23,24)(H,27,28)/t15-,16+/m0/s1. The Morgan fingerprint density at radius 2 is 1.93 bits per heavy atom. The highest BCUT2D eigenvalue weighted by atomic mass is 35.5. The van der Waals surface area contributed by atoms with Crippen molar-refractivity contribution in [2.75, 3.05) is 18.4 Å². The number of anilines is 1. The summed E-state index contributed by atoms with van der Waals surface area (Å²) < 4.78 is 0. The van der Waals surface area contributed by atoms with Crippen LogP contribution in [0.1, 0.15) is 25.2 Å². The molecule has 2 aromatic rings. The van der Waals surface area contributed by atoms with Crippen molar-refractivity contribution in [3.05, 3.63) is 39.6 Å². The summed E-state index contributed by atoms with van der Waals surface area (Å²) >= 11 is 12.4. The van der Waals surface area contributed by atoms with Gasteiger partial charge in [0.15, 0.2) is 0 Å². The molecule has 28 heavy (non-hydrogen) atoms. The Morgan fingerprint density at radius 3 is 2.50 bits per heavy atom. The van der Waals surface area contributed by atoms with Crippen LogP contribution >= 0.6 is 23.2 Å². The van der Waals surface area contributed by atoms with Gasteiger partial charge in [-0.25, -0.2) is 14.8 Å². The zero-order valence-electron chi connectivity index (χ0n) is 15.6. The molecule has 0 spiro atoms. The predicted octanol–water partition coefficient (Wildman–Crippen LogP) is 3.71. The maximum atomic E-state index is 11.2. The van der Waals surface area contributed by atoms with Gasteiger partial charge in [-0.2, -0.15) is 0 Å². The molecule has 1 fully saturated rings. The highest BCUT2D eigenvalue weighted by Crippen LogP contribution is 2.32. The number of rotatable bonds is 5. The summed E-state index contributed by atoms with van der Waals surface area (Å²) in [5, 5.41) is 23.6. The first-order valence-corrected chi connectivity index (χ1v) is 9.87. The Morgan fingerprint density at radius 1 is 1.21 bits per heavy atom. The number of amides is 1. The van der Waals surface area contributed by atoms with Gasteiger partial charge in [-0.1, -0.05) is 37.0 Å². The maximum absolute atomic E-state index is 11.2. The number of nitrogens with zero attached hydrogens (tertiary/aromatic N) is 3. The second-order valence-electron chi connectivity index (χ2n) is 6.65. The maximum Gasteiger partial charge on any atom is 0.407 e. The van der Waals surface area contributed by atoms with Crippen LogP contribution in [-0.2, 0) is 12.8 Å². The smallest absolute Gasteiger partial charge is 0.407 e. The molecule has 1 aliphatic rings. The summed E-state index contributed by atoms with van der Waals surface area (Å²) in [5.41, 5.74) is 2.94. The molecule has 0 radical (unpaired) electrons. The van der Waals surface area contributed by atoms with Crippen molar-refractivity contribution in [1.29, 1.82) is 0 Å². The number of benzene rings is 1. The molecule has 3 N–H and O–H groups in total. The van der Waals surface area contributed by atoms with E-state index in [1.165, 1.54) is 4.90 Å². The zero-order valence-corrected chi connectivity index (χ0v) is 17.1. The number of carbonyl (C=O) groups is 1. The molecule has 1 aromatic heterocycles. The number of hydrogen-bond donors (Lipinski definition) is 3. The van der Waals surface area contributed by atoms with E-state index < -0.39 is 18.2 Å². The Hall–Kier alpha value is -2.09. The van der Waals surface area contributed by atoms with E-state index in [4.69, 9.17) is 38.3 Å². The van der Waals surface area contributed by atoms with E-state index in [2.05, 4.69) is 5.32 Å². The predicted molar refractivity (Wildman–Crippen MR) is 109 cm³/mol. The quantitative estimate of drug-likeness (QED) is 0.676. The monoisotopic (exact) mass is 424 g/mol. The van der Waals surface area contributed by atoms with E-state index in [-0.39, 0.29) is 13.1 Å².